The van der Waals surface area contributed by atoms with Gasteiger partial charge in [0, 0.05) is 5.92 Å². The van der Waals surface area contributed by atoms with Crippen molar-refractivity contribution in [2.24, 2.45) is 5.92 Å². The molecule has 1 N–H and O–H groups in total. The normalized spacial score (nSPS) is 24.1. The molecule has 1 aromatic rings. The van der Waals surface area contributed by atoms with E-state index in [1.807, 2.05) is 6.92 Å². The van der Waals surface area contributed by atoms with Crippen LogP contribution in [-0.2, 0) is 16.3 Å². The van der Waals surface area contributed by atoms with Crippen molar-refractivity contribution in [1.82, 2.24) is 0 Å². The number of benzene rings is 1. The Labute approximate surface area is 107 Å². The Morgan fingerprint density at radius 3 is 2.83 bits per heavy atom. The molecule has 0 aromatic heterocycles. The molecule has 18 heavy (non-hydrogen) atoms. The highest BCUT2D eigenvalue weighted by Crippen LogP contribution is 2.24. The number of aliphatic hydroxyl groups excluding tert-OH is 1. The van der Waals surface area contributed by atoms with Crippen LogP contribution in [0.1, 0.15) is 17.5 Å². The Morgan fingerprint density at radius 1 is 1.50 bits per heavy atom. The summed E-state index contributed by atoms with van der Waals surface area (Å²) in [6.45, 7) is 1.85. The van der Waals surface area contributed by atoms with Crippen molar-refractivity contribution in [1.29, 1.82) is 0 Å². The van der Waals surface area contributed by atoms with Crippen LogP contribution in [0.15, 0.2) is 18.2 Å². The van der Waals surface area contributed by atoms with E-state index in [4.69, 9.17) is 0 Å². The number of hydrogen-bond donors (Lipinski definition) is 1. The van der Waals surface area contributed by atoms with Gasteiger partial charge in [-0.15, -0.1) is 0 Å². The van der Waals surface area contributed by atoms with E-state index < -0.39 is 15.9 Å². The first-order valence-corrected chi connectivity index (χ1v) is 7.83. The molecule has 1 aliphatic heterocycles. The van der Waals surface area contributed by atoms with Crippen LogP contribution in [0.25, 0.3) is 0 Å². The fraction of sp³-hybridized carbons (Fsp3) is 0.538. The molecule has 2 rings (SSSR count). The summed E-state index contributed by atoms with van der Waals surface area (Å²) in [6, 6.07) is 4.45. The minimum absolute atomic E-state index is 0.0442. The second kappa shape index (κ2) is 4.97. The minimum atomic E-state index is -2.99. The number of sulfone groups is 1. The second-order valence-electron chi connectivity index (χ2n) is 5.01. The largest absolute Gasteiger partial charge is 0.392 e. The molecule has 0 radical (unpaired) electrons. The number of aryl methyl sites for hydroxylation is 1. The van der Waals surface area contributed by atoms with Crippen molar-refractivity contribution >= 4 is 9.84 Å². The van der Waals surface area contributed by atoms with E-state index in [1.54, 1.807) is 6.07 Å². The zero-order chi connectivity index (χ0) is 13.3. The Hall–Kier alpha value is -0.940. The lowest BCUT2D eigenvalue weighted by molar-refractivity contribution is 0.120. The van der Waals surface area contributed by atoms with Crippen molar-refractivity contribution in [2.45, 2.75) is 25.9 Å². The number of aliphatic hydroxyl groups is 1. The molecule has 1 heterocycles. The maximum Gasteiger partial charge on any atom is 0.150 e. The lowest BCUT2D eigenvalue weighted by atomic mass is 9.94. The van der Waals surface area contributed by atoms with Crippen molar-refractivity contribution in [3.63, 3.8) is 0 Å². The zero-order valence-electron chi connectivity index (χ0n) is 10.3. The maximum atomic E-state index is 13.1. The van der Waals surface area contributed by atoms with Gasteiger partial charge in [-0.25, -0.2) is 12.8 Å². The van der Waals surface area contributed by atoms with Crippen LogP contribution in [0.4, 0.5) is 4.39 Å². The van der Waals surface area contributed by atoms with Gasteiger partial charge in [0.25, 0.3) is 0 Å². The molecule has 1 fully saturated rings. The summed E-state index contributed by atoms with van der Waals surface area (Å²) in [7, 11) is -2.99. The third kappa shape index (κ3) is 3.09. The van der Waals surface area contributed by atoms with Crippen LogP contribution >= 0.6 is 0 Å². The summed E-state index contributed by atoms with van der Waals surface area (Å²) in [5, 5.41) is 10.1. The predicted octanol–water partition coefficient (Wildman–Crippen LogP) is 1.47. The van der Waals surface area contributed by atoms with Crippen molar-refractivity contribution in [3.8, 4) is 0 Å². The summed E-state index contributed by atoms with van der Waals surface area (Å²) in [4.78, 5) is 0. The smallest absolute Gasteiger partial charge is 0.150 e. The molecular formula is C13H17FO3S. The molecule has 2 atom stereocenters. The molecule has 0 bridgehead atoms. The summed E-state index contributed by atoms with van der Waals surface area (Å²) in [6.07, 6.45) is 0.0875. The maximum absolute atomic E-state index is 13.1. The molecule has 0 saturated carbocycles. The number of rotatable bonds is 3. The van der Waals surface area contributed by atoms with Crippen molar-refractivity contribution < 1.29 is 17.9 Å². The van der Waals surface area contributed by atoms with E-state index in [1.165, 1.54) is 12.1 Å². The highest BCUT2D eigenvalue weighted by molar-refractivity contribution is 7.91. The van der Waals surface area contributed by atoms with E-state index in [-0.39, 0.29) is 23.2 Å². The van der Waals surface area contributed by atoms with Gasteiger partial charge < -0.3 is 5.11 Å². The molecule has 3 nitrogen and oxygen atoms in total. The molecule has 100 valence electrons. The van der Waals surface area contributed by atoms with Crippen molar-refractivity contribution in [3.05, 3.63) is 35.1 Å². The van der Waals surface area contributed by atoms with E-state index in [2.05, 4.69) is 0 Å². The second-order valence-corrected chi connectivity index (χ2v) is 7.23. The fourth-order valence-electron chi connectivity index (χ4n) is 2.38. The predicted molar refractivity (Wildman–Crippen MR) is 67.6 cm³/mol. The number of hydrogen-bond acceptors (Lipinski definition) is 3. The Bertz CT molecular complexity index is 539. The van der Waals surface area contributed by atoms with Gasteiger partial charge in [0.2, 0.25) is 0 Å². The molecular weight excluding hydrogens is 255 g/mol. The van der Waals surface area contributed by atoms with Gasteiger partial charge in [0.05, 0.1) is 17.6 Å². The van der Waals surface area contributed by atoms with Crippen molar-refractivity contribution in [2.75, 3.05) is 11.5 Å². The molecule has 1 aromatic carbocycles. The van der Waals surface area contributed by atoms with Crippen LogP contribution < -0.4 is 0 Å². The monoisotopic (exact) mass is 272 g/mol. The van der Waals surface area contributed by atoms with Gasteiger partial charge in [0.1, 0.15) is 5.82 Å². The molecule has 1 aliphatic rings. The van der Waals surface area contributed by atoms with Gasteiger partial charge in [0.15, 0.2) is 9.84 Å². The van der Waals surface area contributed by atoms with Gasteiger partial charge in [-0.3, -0.25) is 0 Å². The minimum Gasteiger partial charge on any atom is -0.392 e. The summed E-state index contributed by atoms with van der Waals surface area (Å²) < 4.78 is 35.8. The van der Waals surface area contributed by atoms with Gasteiger partial charge in [-0.2, -0.15) is 0 Å². The Balaban J connectivity index is 2.08. The quantitative estimate of drug-likeness (QED) is 0.906. The topological polar surface area (TPSA) is 54.4 Å². The standard InChI is InChI=1S/C13H17FO3S/c1-9-2-3-12(14)6-11(9)7-13(15)10-4-5-18(16,17)8-10/h2-3,6,10,13,15H,4-5,7-8H2,1H3. The lowest BCUT2D eigenvalue weighted by Crippen LogP contribution is -2.24. The van der Waals surface area contributed by atoms with E-state index in [0.29, 0.717) is 12.8 Å². The molecule has 5 heteroatoms. The van der Waals surface area contributed by atoms with Crippen LogP contribution in [0, 0.1) is 18.7 Å². The lowest BCUT2D eigenvalue weighted by Gasteiger charge is -2.17. The first kappa shape index (κ1) is 13.5. The average Bonchev–Trinajstić information content (AvgIpc) is 2.64. The van der Waals surface area contributed by atoms with Crippen LogP contribution in [-0.4, -0.2) is 31.1 Å². The van der Waals surface area contributed by atoms with Gasteiger partial charge in [-0.1, -0.05) is 6.07 Å². The highest BCUT2D eigenvalue weighted by Gasteiger charge is 2.32. The van der Waals surface area contributed by atoms with E-state index in [0.717, 1.165) is 11.1 Å². The molecule has 0 spiro atoms. The van der Waals surface area contributed by atoms with Crippen LogP contribution in [0.5, 0.6) is 0 Å². The zero-order valence-corrected chi connectivity index (χ0v) is 11.1. The summed E-state index contributed by atoms with van der Waals surface area (Å²) >= 11 is 0. The third-order valence-corrected chi connectivity index (χ3v) is 5.35. The SMILES string of the molecule is Cc1ccc(F)cc1CC(O)C1CCS(=O)(=O)C1. The molecule has 1 saturated heterocycles. The average molecular weight is 272 g/mol. The van der Waals surface area contributed by atoms with Crippen LogP contribution in [0.2, 0.25) is 0 Å². The Morgan fingerprint density at radius 2 is 2.22 bits per heavy atom. The highest BCUT2D eigenvalue weighted by atomic mass is 32.2. The van der Waals surface area contributed by atoms with Crippen LogP contribution in [0.3, 0.4) is 0 Å². The first-order valence-electron chi connectivity index (χ1n) is 6.01. The Kier molecular flexibility index (Phi) is 3.73. The summed E-state index contributed by atoms with van der Waals surface area (Å²) in [5.41, 5.74) is 1.66. The van der Waals surface area contributed by atoms with E-state index >= 15 is 0 Å². The molecule has 0 aliphatic carbocycles. The number of halogens is 1. The molecule has 0 amide bonds. The first-order chi connectivity index (χ1) is 8.37. The molecule has 2 unspecified atom stereocenters. The third-order valence-electron chi connectivity index (χ3n) is 3.55. The fourth-order valence-corrected chi connectivity index (χ4v) is 4.25. The van der Waals surface area contributed by atoms with Gasteiger partial charge >= 0.3 is 0 Å². The van der Waals surface area contributed by atoms with E-state index in [9.17, 15) is 17.9 Å². The van der Waals surface area contributed by atoms with Gasteiger partial charge in [-0.05, 0) is 43.0 Å². The summed E-state index contributed by atoms with van der Waals surface area (Å²) in [5.74, 6) is -0.362.